The minimum Gasteiger partial charge on any atom is -0.778 e. The number of H-pyrrole nitrogens is 2. The highest BCUT2D eigenvalue weighted by Crippen LogP contribution is 2.63. The van der Waals surface area contributed by atoms with Crippen molar-refractivity contribution in [3.05, 3.63) is 62.4 Å². The SMILES string of the molecule is COC[C@H]1[C@@H](O)[C@H]([n+]2cn(C)c3c(=O)[nH]c(N)nc32)O[C@@H]1COP(=O)(O)NP(=O)(O)OP(=O)(O)OCC1O[C@@H](n2cnc3c(N)ncnc32)[C@H](OC)[C@@H]1P(=O)([O-])OC[C@H]1O[C@@H](n2ccc(=O)[nH]c2=O)[C@H](O)[C@@H]1O. The Labute approximate surface area is 406 Å². The summed E-state index contributed by atoms with van der Waals surface area (Å²) in [6.07, 6.45) is -11.8. The number of hydrogen-bond donors (Lipinski definition) is 11. The van der Waals surface area contributed by atoms with E-state index >= 15 is 0 Å². The lowest BCUT2D eigenvalue weighted by Crippen LogP contribution is -2.45. The Morgan fingerprint density at radius 3 is 2.25 bits per heavy atom. The summed E-state index contributed by atoms with van der Waals surface area (Å²) in [5.41, 5.74) is 7.17. The number of methoxy groups -OCH3 is 2. The Balaban J connectivity index is 0.957. The number of aliphatic hydroxyl groups excluding tert-OH is 3. The number of phosphoric acid groups is 1. The zero-order chi connectivity index (χ0) is 53.1. The lowest BCUT2D eigenvalue weighted by Gasteiger charge is -2.35. The molecule has 8 rings (SSSR count). The summed E-state index contributed by atoms with van der Waals surface area (Å²) in [6, 6.07) is 0.920. The molecular weight excluding hydrogens is 1070 g/mol. The van der Waals surface area contributed by atoms with Gasteiger partial charge in [0.25, 0.3) is 17.1 Å². The largest absolute Gasteiger partial charge is 0.778 e. The number of phosphoric ester groups is 1. The van der Waals surface area contributed by atoms with Crippen LogP contribution in [-0.4, -0.2) is 163 Å². The van der Waals surface area contributed by atoms with Crippen LogP contribution in [0.15, 0.2) is 45.6 Å². The van der Waals surface area contributed by atoms with Gasteiger partial charge in [-0.25, -0.2) is 38.0 Å². The zero-order valence-corrected chi connectivity index (χ0v) is 41.4. The van der Waals surface area contributed by atoms with Crippen molar-refractivity contribution in [2.75, 3.05) is 52.1 Å². The van der Waals surface area contributed by atoms with Crippen LogP contribution in [0, 0.1) is 5.92 Å². The topological polar surface area (TPSA) is 513 Å². The lowest BCUT2D eigenvalue weighted by atomic mass is 9.99. The van der Waals surface area contributed by atoms with Crippen LogP contribution >= 0.6 is 30.9 Å². The first kappa shape index (κ1) is 54.7. The summed E-state index contributed by atoms with van der Waals surface area (Å²) in [5, 5.41) is 32.7. The highest BCUT2D eigenvalue weighted by molar-refractivity contribution is 7.71. The fourth-order valence-electron chi connectivity index (χ4n) is 8.51. The molecule has 0 radical (unpaired) electrons. The molecule has 3 saturated heterocycles. The molecule has 36 nitrogen and oxygen atoms in total. The Bertz CT molecular complexity index is 3250. The van der Waals surface area contributed by atoms with Crippen LogP contribution in [0.1, 0.15) is 18.7 Å². The third-order valence-corrected chi connectivity index (χ3v) is 18.3. The molecule has 0 saturated carbocycles. The Morgan fingerprint density at radius 1 is 0.849 bits per heavy atom. The summed E-state index contributed by atoms with van der Waals surface area (Å²) in [4.78, 5) is 104. The van der Waals surface area contributed by atoms with Crippen LogP contribution in [-0.2, 0) is 66.9 Å². The summed E-state index contributed by atoms with van der Waals surface area (Å²) in [5.74, 6) is -1.38. The molecule has 3 aliphatic rings. The predicted octanol–water partition coefficient (Wildman–Crippen LogP) is -4.96. The van der Waals surface area contributed by atoms with E-state index in [-0.39, 0.29) is 40.7 Å². The van der Waals surface area contributed by atoms with Gasteiger partial charge in [0.15, 0.2) is 30.2 Å². The second kappa shape index (κ2) is 20.9. The minimum absolute atomic E-state index is 0.0121. The summed E-state index contributed by atoms with van der Waals surface area (Å²) < 4.78 is 106. The van der Waals surface area contributed by atoms with Gasteiger partial charge in [0.2, 0.25) is 11.7 Å². The van der Waals surface area contributed by atoms with Gasteiger partial charge in [-0.1, -0.05) is 4.98 Å². The van der Waals surface area contributed by atoms with Gasteiger partial charge in [-0.2, -0.15) is 4.31 Å². The van der Waals surface area contributed by atoms with Crippen molar-refractivity contribution in [2.24, 2.45) is 13.0 Å². The third kappa shape index (κ3) is 11.2. The van der Waals surface area contributed by atoms with Gasteiger partial charge >= 0.3 is 34.7 Å². The van der Waals surface area contributed by atoms with E-state index in [9.17, 15) is 67.5 Å². The zero-order valence-electron chi connectivity index (χ0n) is 37.8. The van der Waals surface area contributed by atoms with Crippen molar-refractivity contribution in [3.8, 4) is 0 Å². The molecule has 0 aromatic carbocycles. The number of aryl methyl sites for hydroxylation is 1. The number of aromatic amines is 2. The molecule has 0 amide bonds. The van der Waals surface area contributed by atoms with Gasteiger partial charge in [0.1, 0.15) is 50.0 Å². The molecule has 402 valence electrons. The van der Waals surface area contributed by atoms with Crippen LogP contribution in [0.3, 0.4) is 0 Å². The normalized spacial score (nSPS) is 30.9. The van der Waals surface area contributed by atoms with Gasteiger partial charge in [0, 0.05) is 32.4 Å². The molecular formula is C33H47N13O23P4. The molecule has 5 unspecified atom stereocenters. The van der Waals surface area contributed by atoms with Gasteiger partial charge in [0.05, 0.1) is 57.7 Å². The molecule has 0 spiro atoms. The number of anilines is 2. The summed E-state index contributed by atoms with van der Waals surface area (Å²) >= 11 is 0. The molecule has 5 aromatic rings. The van der Waals surface area contributed by atoms with Gasteiger partial charge in [-0.15, -0.1) is 4.86 Å². The fourth-order valence-corrected chi connectivity index (χ4v) is 14.2. The average Bonchev–Trinajstić information content (AvgIpc) is 4.10. The van der Waals surface area contributed by atoms with Crippen molar-refractivity contribution in [1.29, 1.82) is 0 Å². The van der Waals surface area contributed by atoms with Gasteiger partial charge < -0.3 is 79.1 Å². The monoisotopic (exact) mass is 1120 g/mol. The molecule has 0 bridgehead atoms. The number of nitrogens with two attached hydrogens (primary N) is 2. The van der Waals surface area contributed by atoms with E-state index in [0.29, 0.717) is 0 Å². The average molecular weight is 1120 g/mol. The van der Waals surface area contributed by atoms with Gasteiger partial charge in [-0.3, -0.25) is 42.3 Å². The number of hydrogen-bond acceptors (Lipinski definition) is 26. The number of aromatic nitrogens is 10. The molecule has 0 aliphatic carbocycles. The molecule has 40 heteroatoms. The predicted molar refractivity (Wildman–Crippen MR) is 236 cm³/mol. The molecule has 13 N–H and O–H groups in total. The molecule has 8 heterocycles. The number of nitrogens with zero attached hydrogens (tertiary/aromatic N) is 8. The second-order valence-corrected chi connectivity index (χ2v) is 23.4. The number of aliphatic hydroxyl groups is 3. The number of nitrogens with one attached hydrogen (secondary N) is 3. The first-order chi connectivity index (χ1) is 34.2. The van der Waals surface area contributed by atoms with Crippen molar-refractivity contribution in [3.63, 3.8) is 0 Å². The van der Waals surface area contributed by atoms with E-state index in [1.807, 2.05) is 4.98 Å². The number of nitrogen functional groups attached to an aromatic ring is 2. The van der Waals surface area contributed by atoms with E-state index in [0.717, 1.165) is 41.2 Å². The summed E-state index contributed by atoms with van der Waals surface area (Å²) in [7, 11) is -19.1. The van der Waals surface area contributed by atoms with Crippen molar-refractivity contribution < 1.29 is 99.3 Å². The van der Waals surface area contributed by atoms with Crippen molar-refractivity contribution in [2.45, 2.75) is 67.1 Å². The maximum absolute atomic E-state index is 14.2. The van der Waals surface area contributed by atoms with Crippen LogP contribution in [0.2, 0.25) is 0 Å². The molecule has 3 fully saturated rings. The smallest absolute Gasteiger partial charge is 0.480 e. The van der Waals surface area contributed by atoms with Gasteiger partial charge in [-0.05, 0) is 0 Å². The highest BCUT2D eigenvalue weighted by atomic mass is 31.3. The first-order valence-corrected chi connectivity index (χ1v) is 27.3. The molecule has 5 aromatic heterocycles. The molecule has 73 heavy (non-hydrogen) atoms. The summed E-state index contributed by atoms with van der Waals surface area (Å²) in [6.45, 7) is -3.50. The lowest BCUT2D eigenvalue weighted by molar-refractivity contribution is -0.745. The third-order valence-electron chi connectivity index (χ3n) is 11.7. The Hall–Kier alpha value is -4.58. The second-order valence-electron chi connectivity index (χ2n) is 16.5. The Morgan fingerprint density at radius 2 is 1.55 bits per heavy atom. The van der Waals surface area contributed by atoms with Crippen LogP contribution < -0.4 is 42.6 Å². The Kier molecular flexibility index (Phi) is 15.6. The van der Waals surface area contributed by atoms with E-state index in [4.69, 9.17) is 48.7 Å². The van der Waals surface area contributed by atoms with E-state index in [1.54, 1.807) is 0 Å². The maximum atomic E-state index is 14.2. The number of rotatable bonds is 20. The fraction of sp³-hybridized carbons (Fsp3) is 0.576. The van der Waals surface area contributed by atoms with Crippen LogP contribution in [0.4, 0.5) is 11.8 Å². The van der Waals surface area contributed by atoms with Crippen LogP contribution in [0.5, 0.6) is 0 Å². The number of ether oxygens (including phenoxy) is 5. The van der Waals surface area contributed by atoms with E-state index in [1.165, 1.54) is 34.5 Å². The highest BCUT2D eigenvalue weighted by Gasteiger charge is 2.54. The van der Waals surface area contributed by atoms with E-state index < -0.39 is 141 Å². The van der Waals surface area contributed by atoms with E-state index in [2.05, 4.69) is 29.2 Å². The first-order valence-electron chi connectivity index (χ1n) is 21.0. The number of fused-ring (bicyclic) bond motifs is 2. The maximum Gasteiger partial charge on any atom is 0.480 e. The molecule has 16 atom stereocenters. The standard InChI is InChI=1S/C33H47N13O23P4/c1-43-12-46(27-19(43)28(51)41-32(35)40-27)29-20(48)13(6-61-2)14(66-29)7-64-71(55,56)42-72(57,58)69-73(59,60)65-9-16-24(23(62-3)31(68-16)45-11-38-18-25(34)36-10-37-26(18)45)70(53,54)63-8-15-21(49)22(50)30(67-15)44-5-4-17(47)39-33(44)52/h4-5,10-16,20-24,29-31,48-50H,6-9H2,1-3H3,(H10-,34,35,36,37,39,40,41,42,47,51,52,53,54,55,56,57,58,59,60)/t13-,14-,15-,16?,20-,21-,22-,23-,24-,29-,30-,31-/m1/s1. The quantitative estimate of drug-likeness (QED) is 0.0257. The molecule has 3 aliphatic heterocycles. The minimum atomic E-state index is -5.95. The van der Waals surface area contributed by atoms with Crippen LogP contribution in [0.25, 0.3) is 22.3 Å². The van der Waals surface area contributed by atoms with Crippen molar-refractivity contribution in [1.82, 2.24) is 48.5 Å². The van der Waals surface area contributed by atoms with Crippen molar-refractivity contribution >= 4 is 65.0 Å². The number of imidazole rings is 2.